The van der Waals surface area contributed by atoms with Gasteiger partial charge in [0.05, 0.1) is 9.95 Å². The largest absolute Gasteiger partial charge is 0.392 e. The van der Waals surface area contributed by atoms with Crippen LogP contribution in [0.25, 0.3) is 0 Å². The molecular formula is C13H9ClFN3O3. The van der Waals surface area contributed by atoms with Crippen molar-refractivity contribution in [2.24, 2.45) is 0 Å². The van der Waals surface area contributed by atoms with Gasteiger partial charge in [-0.05, 0) is 24.3 Å². The van der Waals surface area contributed by atoms with Gasteiger partial charge in [-0.15, -0.1) is 0 Å². The first-order chi connectivity index (χ1) is 9.88. The van der Waals surface area contributed by atoms with Gasteiger partial charge in [0.15, 0.2) is 0 Å². The number of benzene rings is 2. The topological polar surface area (TPSA) is 98.3 Å². The second-order valence-electron chi connectivity index (χ2n) is 4.11. The molecule has 0 unspecified atom stereocenters. The molecule has 2 aromatic carbocycles. The van der Waals surface area contributed by atoms with Crippen molar-refractivity contribution in [2.45, 2.75) is 0 Å². The smallest absolute Gasteiger partial charge is 0.294 e. The van der Waals surface area contributed by atoms with Crippen LogP contribution in [0.1, 0.15) is 10.4 Å². The van der Waals surface area contributed by atoms with E-state index in [0.29, 0.717) is 0 Å². The Kier molecular flexibility index (Phi) is 4.04. The number of anilines is 2. The van der Waals surface area contributed by atoms with Crippen LogP contribution in [0.15, 0.2) is 36.4 Å². The maximum absolute atomic E-state index is 13.0. The van der Waals surface area contributed by atoms with E-state index in [0.717, 1.165) is 12.1 Å². The number of nitrogens with zero attached hydrogens (tertiary/aromatic N) is 1. The molecule has 0 radical (unpaired) electrons. The number of nitrogens with one attached hydrogen (secondary N) is 1. The number of rotatable bonds is 3. The van der Waals surface area contributed by atoms with Crippen LogP contribution in [-0.4, -0.2) is 10.8 Å². The highest BCUT2D eigenvalue weighted by atomic mass is 35.5. The zero-order chi connectivity index (χ0) is 15.6. The summed E-state index contributed by atoms with van der Waals surface area (Å²) < 4.78 is 13.0. The lowest BCUT2D eigenvalue weighted by Gasteiger charge is -2.07. The Hall–Kier alpha value is -2.67. The lowest BCUT2D eigenvalue weighted by molar-refractivity contribution is -0.383. The van der Waals surface area contributed by atoms with Gasteiger partial charge in [0.25, 0.3) is 11.6 Å². The van der Waals surface area contributed by atoms with Gasteiger partial charge in [0.2, 0.25) is 0 Å². The molecule has 0 fully saturated rings. The van der Waals surface area contributed by atoms with Crippen LogP contribution in [0.5, 0.6) is 0 Å². The number of nitro groups is 1. The first kappa shape index (κ1) is 14.7. The van der Waals surface area contributed by atoms with Gasteiger partial charge in [-0.25, -0.2) is 4.39 Å². The third-order valence-electron chi connectivity index (χ3n) is 2.65. The van der Waals surface area contributed by atoms with Gasteiger partial charge in [-0.3, -0.25) is 14.9 Å². The summed E-state index contributed by atoms with van der Waals surface area (Å²) in [6.07, 6.45) is 0. The van der Waals surface area contributed by atoms with E-state index in [1.54, 1.807) is 0 Å². The molecule has 2 aromatic rings. The second-order valence-corrected chi connectivity index (χ2v) is 4.52. The van der Waals surface area contributed by atoms with Crippen LogP contribution < -0.4 is 11.1 Å². The Morgan fingerprint density at radius 3 is 2.67 bits per heavy atom. The number of hydrogen-bond acceptors (Lipinski definition) is 4. The molecule has 2 rings (SSSR count). The number of hydrogen-bond donors (Lipinski definition) is 2. The molecule has 0 spiro atoms. The Bertz CT molecular complexity index is 737. The summed E-state index contributed by atoms with van der Waals surface area (Å²) >= 11 is 5.77. The summed E-state index contributed by atoms with van der Waals surface area (Å²) in [7, 11) is 0. The van der Waals surface area contributed by atoms with Gasteiger partial charge in [0.1, 0.15) is 11.5 Å². The lowest BCUT2D eigenvalue weighted by Crippen LogP contribution is -2.13. The standard InChI is InChI=1S/C13H9ClFN3O3/c14-10-4-7(5-11(12(10)16)18(20)21)13(19)17-9-3-1-2-8(15)6-9/h1-6H,16H2,(H,17,19). The summed E-state index contributed by atoms with van der Waals surface area (Å²) in [5, 5.41) is 13.1. The second kappa shape index (κ2) is 5.76. The molecule has 0 saturated heterocycles. The Labute approximate surface area is 123 Å². The average Bonchev–Trinajstić information content (AvgIpc) is 2.41. The summed E-state index contributed by atoms with van der Waals surface area (Å²) in [4.78, 5) is 22.1. The molecule has 0 atom stereocenters. The van der Waals surface area contributed by atoms with Crippen LogP contribution >= 0.6 is 11.6 Å². The predicted octanol–water partition coefficient (Wildman–Crippen LogP) is 3.22. The molecule has 1 amide bonds. The summed E-state index contributed by atoms with van der Waals surface area (Å²) in [6, 6.07) is 7.46. The van der Waals surface area contributed by atoms with E-state index in [-0.39, 0.29) is 22.0 Å². The molecule has 0 heterocycles. The number of nitrogen functional groups attached to an aromatic ring is 1. The highest BCUT2D eigenvalue weighted by Crippen LogP contribution is 2.31. The molecule has 0 saturated carbocycles. The van der Waals surface area contributed by atoms with Gasteiger partial charge in [-0.1, -0.05) is 17.7 Å². The molecule has 21 heavy (non-hydrogen) atoms. The molecule has 0 aliphatic heterocycles. The van der Waals surface area contributed by atoms with E-state index in [2.05, 4.69) is 5.32 Å². The van der Waals surface area contributed by atoms with E-state index >= 15 is 0 Å². The number of nitro benzene ring substituents is 1. The maximum Gasteiger partial charge on any atom is 0.294 e. The van der Waals surface area contributed by atoms with Crippen molar-refractivity contribution in [3.63, 3.8) is 0 Å². The number of halogens is 2. The average molecular weight is 310 g/mol. The van der Waals surface area contributed by atoms with Gasteiger partial charge >= 0.3 is 0 Å². The minimum Gasteiger partial charge on any atom is -0.392 e. The maximum atomic E-state index is 13.0. The van der Waals surface area contributed by atoms with Gasteiger partial charge < -0.3 is 11.1 Å². The molecule has 6 nitrogen and oxygen atoms in total. The molecule has 108 valence electrons. The third kappa shape index (κ3) is 3.26. The molecule has 0 aromatic heterocycles. The van der Waals surface area contributed by atoms with Crippen molar-refractivity contribution in [3.05, 3.63) is 62.9 Å². The van der Waals surface area contributed by atoms with Crippen molar-refractivity contribution >= 4 is 34.6 Å². The molecule has 0 aliphatic rings. The van der Waals surface area contributed by atoms with Gasteiger partial charge in [-0.2, -0.15) is 0 Å². The molecule has 8 heteroatoms. The van der Waals surface area contributed by atoms with Gasteiger partial charge in [0, 0.05) is 17.3 Å². The fourth-order valence-corrected chi connectivity index (χ4v) is 1.87. The zero-order valence-electron chi connectivity index (χ0n) is 10.5. The van der Waals surface area contributed by atoms with Crippen molar-refractivity contribution in [3.8, 4) is 0 Å². The van der Waals surface area contributed by atoms with Crippen molar-refractivity contribution in [2.75, 3.05) is 11.1 Å². The predicted molar refractivity (Wildman–Crippen MR) is 76.9 cm³/mol. The van der Waals surface area contributed by atoms with Crippen molar-refractivity contribution in [1.29, 1.82) is 0 Å². The molecular weight excluding hydrogens is 301 g/mol. The lowest BCUT2D eigenvalue weighted by atomic mass is 10.1. The first-order valence-electron chi connectivity index (χ1n) is 5.69. The normalized spacial score (nSPS) is 10.2. The number of amides is 1. The monoisotopic (exact) mass is 309 g/mol. The number of carbonyl (C=O) groups excluding carboxylic acids is 1. The minimum absolute atomic E-state index is 0.0508. The van der Waals surface area contributed by atoms with E-state index in [1.807, 2.05) is 0 Å². The van der Waals surface area contributed by atoms with Crippen molar-refractivity contribution in [1.82, 2.24) is 0 Å². The number of carbonyl (C=O) groups is 1. The van der Waals surface area contributed by atoms with E-state index in [4.69, 9.17) is 17.3 Å². The molecule has 3 N–H and O–H groups in total. The fraction of sp³-hybridized carbons (Fsp3) is 0. The van der Waals surface area contributed by atoms with Crippen LogP contribution in [0, 0.1) is 15.9 Å². The zero-order valence-corrected chi connectivity index (χ0v) is 11.2. The fourth-order valence-electron chi connectivity index (χ4n) is 1.65. The SMILES string of the molecule is Nc1c(Cl)cc(C(=O)Nc2cccc(F)c2)cc1[N+](=O)[O-]. The highest BCUT2D eigenvalue weighted by Gasteiger charge is 2.19. The Morgan fingerprint density at radius 1 is 1.33 bits per heavy atom. The summed E-state index contributed by atoms with van der Waals surface area (Å²) in [6.45, 7) is 0. The molecule has 0 aliphatic carbocycles. The minimum atomic E-state index is -0.736. The highest BCUT2D eigenvalue weighted by molar-refractivity contribution is 6.34. The summed E-state index contributed by atoms with van der Waals surface area (Å²) in [5.41, 5.74) is 4.95. The van der Waals surface area contributed by atoms with E-state index < -0.39 is 22.3 Å². The van der Waals surface area contributed by atoms with Crippen LogP contribution in [0.2, 0.25) is 5.02 Å². The quantitative estimate of drug-likeness (QED) is 0.516. The van der Waals surface area contributed by atoms with Crippen LogP contribution in [-0.2, 0) is 0 Å². The number of nitrogens with two attached hydrogens (primary N) is 1. The molecule has 0 bridgehead atoms. The first-order valence-corrected chi connectivity index (χ1v) is 6.06. The third-order valence-corrected chi connectivity index (χ3v) is 2.96. The van der Waals surface area contributed by atoms with E-state index in [9.17, 15) is 19.3 Å². The van der Waals surface area contributed by atoms with Crippen LogP contribution in [0.4, 0.5) is 21.5 Å². The van der Waals surface area contributed by atoms with Crippen LogP contribution in [0.3, 0.4) is 0 Å². The Balaban J connectivity index is 2.33. The Morgan fingerprint density at radius 2 is 2.05 bits per heavy atom. The summed E-state index contributed by atoms with van der Waals surface area (Å²) in [5.74, 6) is -1.18. The van der Waals surface area contributed by atoms with E-state index in [1.165, 1.54) is 24.3 Å². The van der Waals surface area contributed by atoms with Crippen molar-refractivity contribution < 1.29 is 14.1 Å².